The van der Waals surface area contributed by atoms with Crippen LogP contribution in [-0.4, -0.2) is 71.3 Å². The molecular formula is C24H28N4O3. The van der Waals surface area contributed by atoms with Gasteiger partial charge in [0.15, 0.2) is 0 Å². The third kappa shape index (κ3) is 4.72. The van der Waals surface area contributed by atoms with Gasteiger partial charge in [0.1, 0.15) is 11.5 Å². The highest BCUT2D eigenvalue weighted by atomic mass is 16.5. The number of hydrogen-bond acceptors (Lipinski definition) is 5. The summed E-state index contributed by atoms with van der Waals surface area (Å²) in [5, 5.41) is 17.9. The van der Waals surface area contributed by atoms with Crippen LogP contribution in [0.2, 0.25) is 0 Å². The van der Waals surface area contributed by atoms with Crippen molar-refractivity contribution >= 4 is 16.8 Å². The number of phenolic OH excluding ortho intramolecular Hbond substituents is 1. The summed E-state index contributed by atoms with van der Waals surface area (Å²) in [6.45, 7) is 4.59. The van der Waals surface area contributed by atoms with Crippen LogP contribution in [-0.2, 0) is 4.79 Å². The second-order valence-electron chi connectivity index (χ2n) is 8.39. The van der Waals surface area contributed by atoms with Crippen LogP contribution < -0.4 is 4.74 Å². The number of amides is 1. The highest BCUT2D eigenvalue weighted by molar-refractivity contribution is 5.90. The van der Waals surface area contributed by atoms with Gasteiger partial charge in [-0.15, -0.1) is 0 Å². The number of hydrogen-bond donors (Lipinski definition) is 2. The first-order chi connectivity index (χ1) is 14.9. The van der Waals surface area contributed by atoms with E-state index in [4.69, 9.17) is 4.74 Å². The number of carbonyl (C=O) groups is 1. The zero-order chi connectivity index (χ0) is 22.0. The Morgan fingerprint density at radius 3 is 2.84 bits per heavy atom. The van der Waals surface area contributed by atoms with E-state index >= 15 is 0 Å². The molecule has 1 aliphatic heterocycles. The van der Waals surface area contributed by atoms with Gasteiger partial charge in [-0.2, -0.15) is 5.10 Å². The molecule has 0 unspecified atom stereocenters. The van der Waals surface area contributed by atoms with Gasteiger partial charge in [0, 0.05) is 31.6 Å². The average molecular weight is 421 g/mol. The number of rotatable bonds is 7. The van der Waals surface area contributed by atoms with Gasteiger partial charge in [-0.25, -0.2) is 0 Å². The molecule has 2 heterocycles. The Bertz CT molecular complexity index is 1110. The number of H-pyrrole nitrogens is 1. The number of likely N-dealkylation sites (N-methyl/N-ethyl adjacent to an activating group) is 1. The normalized spacial score (nSPS) is 14.5. The summed E-state index contributed by atoms with van der Waals surface area (Å²) in [5.41, 5.74) is 3.71. The molecule has 0 bridgehead atoms. The lowest BCUT2D eigenvalue weighted by Gasteiger charge is -2.38. The molecule has 0 spiro atoms. The van der Waals surface area contributed by atoms with Gasteiger partial charge in [0.2, 0.25) is 5.91 Å². The van der Waals surface area contributed by atoms with Crippen LogP contribution in [0.5, 0.6) is 11.5 Å². The summed E-state index contributed by atoms with van der Waals surface area (Å²) < 4.78 is 6.17. The Morgan fingerprint density at radius 1 is 1.29 bits per heavy atom. The molecule has 0 aliphatic carbocycles. The second-order valence-corrected chi connectivity index (χ2v) is 8.39. The molecule has 7 nitrogen and oxygen atoms in total. The minimum absolute atomic E-state index is 0.0556. The number of aryl methyl sites for hydroxylation is 1. The van der Waals surface area contributed by atoms with E-state index in [0.29, 0.717) is 25.6 Å². The number of nitrogens with zero attached hydrogens (tertiary/aromatic N) is 3. The first-order valence-electron chi connectivity index (χ1n) is 10.4. The Hall–Kier alpha value is -3.32. The lowest BCUT2D eigenvalue weighted by atomic mass is 10.0. The van der Waals surface area contributed by atoms with Crippen LogP contribution in [0.1, 0.15) is 5.56 Å². The maximum atomic E-state index is 12.2. The molecule has 31 heavy (non-hydrogen) atoms. The molecule has 4 rings (SSSR count). The Kier molecular flexibility index (Phi) is 5.95. The van der Waals surface area contributed by atoms with E-state index in [1.807, 2.05) is 61.2 Å². The Balaban J connectivity index is 1.41. The lowest BCUT2D eigenvalue weighted by Crippen LogP contribution is -2.51. The zero-order valence-electron chi connectivity index (χ0n) is 18.1. The third-order valence-electron chi connectivity index (χ3n) is 5.53. The summed E-state index contributed by atoms with van der Waals surface area (Å²) in [7, 11) is 3.95. The van der Waals surface area contributed by atoms with Gasteiger partial charge < -0.3 is 19.6 Å². The fourth-order valence-electron chi connectivity index (χ4n) is 3.67. The van der Waals surface area contributed by atoms with Crippen molar-refractivity contribution in [2.45, 2.75) is 6.92 Å². The van der Waals surface area contributed by atoms with E-state index in [1.54, 1.807) is 18.3 Å². The van der Waals surface area contributed by atoms with Crippen molar-refractivity contribution < 1.29 is 14.6 Å². The molecule has 2 N–H and O–H groups in total. The van der Waals surface area contributed by atoms with E-state index in [0.717, 1.165) is 39.9 Å². The SMILES string of the molecule is Cc1cc(-c2cc(OCC3CN(C(=O)/C=C/CN(C)C)C3)c3cn[nH]c3c2)ccc1O. The van der Waals surface area contributed by atoms with Crippen molar-refractivity contribution in [1.82, 2.24) is 20.0 Å². The highest BCUT2D eigenvalue weighted by Crippen LogP contribution is 2.33. The Morgan fingerprint density at radius 2 is 2.10 bits per heavy atom. The minimum atomic E-state index is 0.0556. The molecule has 1 saturated heterocycles. The van der Waals surface area contributed by atoms with Gasteiger partial charge in [0.05, 0.1) is 23.7 Å². The number of ether oxygens (including phenoxy) is 1. The largest absolute Gasteiger partial charge is 0.508 e. The van der Waals surface area contributed by atoms with Crippen molar-refractivity contribution in [3.63, 3.8) is 0 Å². The summed E-state index contributed by atoms with van der Waals surface area (Å²) in [4.78, 5) is 16.0. The fourth-order valence-corrected chi connectivity index (χ4v) is 3.67. The third-order valence-corrected chi connectivity index (χ3v) is 5.53. The summed E-state index contributed by atoms with van der Waals surface area (Å²) >= 11 is 0. The van der Waals surface area contributed by atoms with Crippen LogP contribution in [0.3, 0.4) is 0 Å². The number of carbonyl (C=O) groups excluding carboxylic acids is 1. The number of nitrogens with one attached hydrogen (secondary N) is 1. The van der Waals surface area contributed by atoms with E-state index < -0.39 is 0 Å². The number of likely N-dealkylation sites (tertiary alicyclic amines) is 1. The number of aromatic hydroxyl groups is 1. The quantitative estimate of drug-likeness (QED) is 0.574. The first kappa shape index (κ1) is 20.9. The van der Waals surface area contributed by atoms with E-state index in [1.165, 1.54) is 0 Å². The van der Waals surface area contributed by atoms with Crippen molar-refractivity contribution in [2.24, 2.45) is 5.92 Å². The van der Waals surface area contributed by atoms with Crippen LogP contribution >= 0.6 is 0 Å². The van der Waals surface area contributed by atoms with Gasteiger partial charge in [-0.1, -0.05) is 12.1 Å². The monoisotopic (exact) mass is 420 g/mol. The van der Waals surface area contributed by atoms with Crippen LogP contribution in [0.25, 0.3) is 22.0 Å². The molecule has 0 radical (unpaired) electrons. The first-order valence-corrected chi connectivity index (χ1v) is 10.4. The summed E-state index contributed by atoms with van der Waals surface area (Å²) in [6.07, 6.45) is 5.30. The number of aromatic nitrogens is 2. The van der Waals surface area contributed by atoms with Gasteiger partial charge >= 0.3 is 0 Å². The maximum Gasteiger partial charge on any atom is 0.246 e. The number of fused-ring (bicyclic) bond motifs is 1. The molecule has 1 fully saturated rings. The highest BCUT2D eigenvalue weighted by Gasteiger charge is 2.30. The fraction of sp³-hybridized carbons (Fsp3) is 0.333. The van der Waals surface area contributed by atoms with Crippen LogP contribution in [0, 0.1) is 12.8 Å². The summed E-state index contributed by atoms with van der Waals surface area (Å²) in [5.74, 6) is 1.42. The lowest BCUT2D eigenvalue weighted by molar-refractivity contribution is -0.132. The van der Waals surface area contributed by atoms with Gasteiger partial charge in [-0.3, -0.25) is 9.89 Å². The molecule has 3 aromatic rings. The minimum Gasteiger partial charge on any atom is -0.508 e. The average Bonchev–Trinajstić information content (AvgIpc) is 3.17. The predicted molar refractivity (Wildman–Crippen MR) is 121 cm³/mol. The molecule has 162 valence electrons. The van der Waals surface area contributed by atoms with Gasteiger partial charge in [0.25, 0.3) is 0 Å². The zero-order valence-corrected chi connectivity index (χ0v) is 18.1. The smallest absolute Gasteiger partial charge is 0.246 e. The topological polar surface area (TPSA) is 81.7 Å². The van der Waals surface area contributed by atoms with Crippen molar-refractivity contribution in [3.05, 3.63) is 54.2 Å². The number of phenols is 1. The van der Waals surface area contributed by atoms with Crippen LogP contribution in [0.15, 0.2) is 48.7 Å². The van der Waals surface area contributed by atoms with E-state index in [2.05, 4.69) is 10.2 Å². The molecular weight excluding hydrogens is 392 g/mol. The van der Waals surface area contributed by atoms with Crippen LogP contribution in [0.4, 0.5) is 0 Å². The second kappa shape index (κ2) is 8.81. The number of benzene rings is 2. The molecule has 0 saturated carbocycles. The maximum absolute atomic E-state index is 12.2. The van der Waals surface area contributed by atoms with Gasteiger partial charge in [-0.05, 0) is 62.0 Å². The molecule has 1 aromatic heterocycles. The van der Waals surface area contributed by atoms with Crippen molar-refractivity contribution in [2.75, 3.05) is 40.3 Å². The Labute approximate surface area is 181 Å². The molecule has 1 amide bonds. The summed E-state index contributed by atoms with van der Waals surface area (Å²) in [6, 6.07) is 9.59. The van der Waals surface area contributed by atoms with Crippen molar-refractivity contribution in [3.8, 4) is 22.6 Å². The van der Waals surface area contributed by atoms with E-state index in [9.17, 15) is 9.90 Å². The van der Waals surface area contributed by atoms with E-state index in [-0.39, 0.29) is 11.7 Å². The standard InChI is InChI=1S/C24H28N4O3/c1-16-9-18(6-7-22(16)29)19-10-21-20(12-25-26-21)23(11-19)31-15-17-13-28(14-17)24(30)5-4-8-27(2)3/h4-7,9-12,17,29H,8,13-15H2,1-3H3,(H,25,26)/b5-4+. The molecule has 7 heteroatoms. The molecule has 1 aliphatic rings. The number of aromatic amines is 1. The van der Waals surface area contributed by atoms with Crippen molar-refractivity contribution in [1.29, 1.82) is 0 Å². The molecule has 0 atom stereocenters. The predicted octanol–water partition coefficient (Wildman–Crippen LogP) is 3.20. The molecule has 2 aromatic carbocycles.